The number of fused-ring (bicyclic) bond motifs is 5. The molecule has 0 nitrogen and oxygen atoms in total. The molecule has 1 heterocycles. The van der Waals surface area contributed by atoms with Gasteiger partial charge in [-0.15, -0.1) is 11.3 Å². The van der Waals surface area contributed by atoms with E-state index in [0.29, 0.717) is 0 Å². The summed E-state index contributed by atoms with van der Waals surface area (Å²) in [5.41, 5.74) is 5.73. The van der Waals surface area contributed by atoms with Gasteiger partial charge in [-0.05, 0) is 102 Å². The third-order valence-corrected chi connectivity index (χ3v) is 8.87. The zero-order valence-corrected chi connectivity index (χ0v) is 22.2. The van der Waals surface area contributed by atoms with E-state index < -0.39 is 0 Å². The van der Waals surface area contributed by atoms with E-state index in [1.54, 1.807) is 0 Å². The van der Waals surface area contributed by atoms with E-state index in [-0.39, 0.29) is 0 Å². The number of benzene rings is 4. The van der Waals surface area contributed by atoms with Gasteiger partial charge in [0.25, 0.3) is 0 Å². The third-order valence-electron chi connectivity index (χ3n) is 7.75. The summed E-state index contributed by atoms with van der Waals surface area (Å²) in [5, 5.41) is 8.30. The first kappa shape index (κ1) is 23.4. The standard InChI is InChI=1S/C33H38S/c1-5-6-7-8-9-10-11-12-13-25-17-29-21-33-31(19-27(29)16-24(25)4)30-18-26-14-22(2)23(3)15-28(26)20-32(30)34-33/h14-21H,5-13H2,1-4H3. The van der Waals surface area contributed by atoms with Gasteiger partial charge in [0.1, 0.15) is 0 Å². The van der Waals surface area contributed by atoms with Gasteiger partial charge < -0.3 is 0 Å². The van der Waals surface area contributed by atoms with Crippen LogP contribution in [-0.2, 0) is 6.42 Å². The summed E-state index contributed by atoms with van der Waals surface area (Å²) in [6.45, 7) is 9.02. The Kier molecular flexibility index (Phi) is 6.93. The Balaban J connectivity index is 1.40. The van der Waals surface area contributed by atoms with Crippen molar-refractivity contribution >= 4 is 53.1 Å². The quantitative estimate of drug-likeness (QED) is 0.189. The smallest absolute Gasteiger partial charge is 0.0361 e. The van der Waals surface area contributed by atoms with Crippen molar-refractivity contribution in [3.8, 4) is 0 Å². The van der Waals surface area contributed by atoms with Gasteiger partial charge in [-0.3, -0.25) is 0 Å². The van der Waals surface area contributed by atoms with E-state index in [4.69, 9.17) is 0 Å². The van der Waals surface area contributed by atoms with Gasteiger partial charge in [0.15, 0.2) is 0 Å². The first-order chi connectivity index (χ1) is 16.5. The second-order valence-electron chi connectivity index (χ2n) is 10.4. The molecule has 4 aromatic carbocycles. The molecule has 0 aliphatic carbocycles. The van der Waals surface area contributed by atoms with Gasteiger partial charge in [-0.1, -0.05) is 76.1 Å². The lowest BCUT2D eigenvalue weighted by atomic mass is 9.96. The molecule has 176 valence electrons. The summed E-state index contributed by atoms with van der Waals surface area (Å²) in [7, 11) is 0. The molecule has 0 aliphatic heterocycles. The second kappa shape index (κ2) is 10.1. The van der Waals surface area contributed by atoms with Crippen LogP contribution in [0.2, 0.25) is 0 Å². The maximum absolute atomic E-state index is 2.47. The number of unbranched alkanes of at least 4 members (excludes halogenated alkanes) is 7. The zero-order chi connectivity index (χ0) is 23.7. The molecule has 0 amide bonds. The predicted octanol–water partition coefficient (Wildman–Crippen LogP) is 11.0. The number of aryl methyl sites for hydroxylation is 4. The van der Waals surface area contributed by atoms with Crippen LogP contribution in [0.4, 0.5) is 0 Å². The van der Waals surface area contributed by atoms with Crippen LogP contribution in [0.5, 0.6) is 0 Å². The second-order valence-corrected chi connectivity index (χ2v) is 11.5. The number of hydrogen-bond donors (Lipinski definition) is 0. The van der Waals surface area contributed by atoms with Gasteiger partial charge >= 0.3 is 0 Å². The molecule has 0 aliphatic rings. The lowest BCUT2D eigenvalue weighted by Crippen LogP contribution is -1.91. The van der Waals surface area contributed by atoms with Crippen molar-refractivity contribution < 1.29 is 0 Å². The lowest BCUT2D eigenvalue weighted by Gasteiger charge is -2.09. The molecule has 0 fully saturated rings. The van der Waals surface area contributed by atoms with Gasteiger partial charge in [-0.25, -0.2) is 0 Å². The highest BCUT2D eigenvalue weighted by molar-refractivity contribution is 7.26. The van der Waals surface area contributed by atoms with Gasteiger partial charge in [0.05, 0.1) is 0 Å². The summed E-state index contributed by atoms with van der Waals surface area (Å²) in [5.74, 6) is 0. The maximum Gasteiger partial charge on any atom is 0.0361 e. The van der Waals surface area contributed by atoms with E-state index in [2.05, 4.69) is 76.2 Å². The minimum atomic E-state index is 1.21. The van der Waals surface area contributed by atoms with E-state index in [1.165, 1.54) is 122 Å². The number of rotatable bonds is 9. The van der Waals surface area contributed by atoms with Gasteiger partial charge in [-0.2, -0.15) is 0 Å². The Bertz CT molecular complexity index is 1470. The van der Waals surface area contributed by atoms with E-state index in [1.807, 2.05) is 11.3 Å². The average molecular weight is 467 g/mol. The van der Waals surface area contributed by atoms with Crippen molar-refractivity contribution in [1.82, 2.24) is 0 Å². The monoisotopic (exact) mass is 466 g/mol. The molecule has 1 heteroatoms. The van der Waals surface area contributed by atoms with Crippen molar-refractivity contribution in [1.29, 1.82) is 0 Å². The average Bonchev–Trinajstić information content (AvgIpc) is 3.15. The molecular weight excluding hydrogens is 428 g/mol. The topological polar surface area (TPSA) is 0 Å². The van der Waals surface area contributed by atoms with Crippen LogP contribution in [0.3, 0.4) is 0 Å². The molecule has 0 bridgehead atoms. The van der Waals surface area contributed by atoms with Crippen molar-refractivity contribution in [3.05, 3.63) is 70.8 Å². The van der Waals surface area contributed by atoms with E-state index in [9.17, 15) is 0 Å². The Morgan fingerprint density at radius 1 is 0.500 bits per heavy atom. The fourth-order valence-electron chi connectivity index (χ4n) is 5.47. The molecular formula is C33H38S. The molecule has 0 saturated heterocycles. The molecule has 1 aromatic heterocycles. The predicted molar refractivity (Wildman–Crippen MR) is 155 cm³/mol. The molecule has 34 heavy (non-hydrogen) atoms. The lowest BCUT2D eigenvalue weighted by molar-refractivity contribution is 0.575. The molecule has 0 unspecified atom stereocenters. The first-order valence-corrected chi connectivity index (χ1v) is 14.2. The number of hydrogen-bond acceptors (Lipinski definition) is 1. The largest absolute Gasteiger partial charge is 0.135 e. The molecule has 0 radical (unpaired) electrons. The molecule has 0 saturated carbocycles. The maximum atomic E-state index is 2.47. The van der Waals surface area contributed by atoms with Crippen LogP contribution in [0.15, 0.2) is 48.5 Å². The number of thiophene rings is 1. The summed E-state index contributed by atoms with van der Waals surface area (Å²) < 4.78 is 2.81. The van der Waals surface area contributed by atoms with Crippen LogP contribution < -0.4 is 0 Å². The molecule has 0 N–H and O–H groups in total. The highest BCUT2D eigenvalue weighted by atomic mass is 32.1. The van der Waals surface area contributed by atoms with E-state index >= 15 is 0 Å². The minimum Gasteiger partial charge on any atom is -0.135 e. The molecule has 5 rings (SSSR count). The van der Waals surface area contributed by atoms with Crippen LogP contribution in [0.1, 0.15) is 80.5 Å². The van der Waals surface area contributed by atoms with Crippen molar-refractivity contribution in [2.24, 2.45) is 0 Å². The van der Waals surface area contributed by atoms with Crippen LogP contribution in [-0.4, -0.2) is 0 Å². The van der Waals surface area contributed by atoms with Crippen molar-refractivity contribution in [2.45, 2.75) is 85.5 Å². The Morgan fingerprint density at radius 2 is 0.971 bits per heavy atom. The summed E-state index contributed by atoms with van der Waals surface area (Å²) in [6, 6.07) is 19.3. The van der Waals surface area contributed by atoms with Crippen LogP contribution in [0, 0.1) is 20.8 Å². The fourth-order valence-corrected chi connectivity index (χ4v) is 6.64. The fraction of sp³-hybridized carbons (Fsp3) is 0.394. The normalized spacial score (nSPS) is 12.0. The van der Waals surface area contributed by atoms with Crippen LogP contribution in [0.25, 0.3) is 41.7 Å². The SMILES string of the molecule is CCCCCCCCCCc1cc2cc3sc4cc5cc(C)c(C)cc5cc4c3cc2cc1C. The Labute approximate surface area is 209 Å². The first-order valence-electron chi connectivity index (χ1n) is 13.3. The molecule has 0 spiro atoms. The van der Waals surface area contributed by atoms with E-state index in [0.717, 1.165) is 0 Å². The Hall–Kier alpha value is -2.38. The summed E-state index contributed by atoms with van der Waals surface area (Å²) >= 11 is 1.94. The highest BCUT2D eigenvalue weighted by Crippen LogP contribution is 2.39. The summed E-state index contributed by atoms with van der Waals surface area (Å²) in [4.78, 5) is 0. The van der Waals surface area contributed by atoms with Crippen LogP contribution >= 0.6 is 11.3 Å². The highest BCUT2D eigenvalue weighted by Gasteiger charge is 2.11. The Morgan fingerprint density at radius 3 is 1.56 bits per heavy atom. The zero-order valence-electron chi connectivity index (χ0n) is 21.4. The summed E-state index contributed by atoms with van der Waals surface area (Å²) in [6.07, 6.45) is 12.3. The van der Waals surface area contributed by atoms with Crippen molar-refractivity contribution in [3.63, 3.8) is 0 Å². The van der Waals surface area contributed by atoms with Crippen molar-refractivity contribution in [2.75, 3.05) is 0 Å². The minimum absolute atomic E-state index is 1.21. The van der Waals surface area contributed by atoms with Gasteiger partial charge in [0, 0.05) is 20.2 Å². The third kappa shape index (κ3) is 4.73. The molecule has 0 atom stereocenters. The van der Waals surface area contributed by atoms with Gasteiger partial charge in [0.2, 0.25) is 0 Å². The molecule has 5 aromatic rings.